The van der Waals surface area contributed by atoms with E-state index >= 15 is 0 Å². The second-order valence-corrected chi connectivity index (χ2v) is 12.6. The van der Waals surface area contributed by atoms with Gasteiger partial charge in [0.2, 0.25) is 17.7 Å². The summed E-state index contributed by atoms with van der Waals surface area (Å²) in [5.74, 6) is -0.134. The number of piperidine rings is 1. The molecular formula is C31H46N6O5. The SMILES string of the molecule is CCC[C@@H](NC(=O)C(C)(C)NC(=O)OC(C)(C)C)C(=O)Nc1cn(C(C(=O)N2CCC(C)CC2)c2ccccc2)cn1. The lowest BCUT2D eigenvalue weighted by molar-refractivity contribution is -0.135. The zero-order valence-electron chi connectivity index (χ0n) is 25.9. The van der Waals surface area contributed by atoms with Crippen molar-refractivity contribution in [2.75, 3.05) is 18.4 Å². The summed E-state index contributed by atoms with van der Waals surface area (Å²) in [6.45, 7) is 13.8. The number of ether oxygens (including phenoxy) is 1. The van der Waals surface area contributed by atoms with E-state index in [2.05, 4.69) is 27.9 Å². The minimum Gasteiger partial charge on any atom is -0.444 e. The van der Waals surface area contributed by atoms with E-state index in [0.29, 0.717) is 31.8 Å². The highest BCUT2D eigenvalue weighted by atomic mass is 16.6. The zero-order chi connectivity index (χ0) is 31.1. The van der Waals surface area contributed by atoms with Crippen molar-refractivity contribution in [3.63, 3.8) is 0 Å². The van der Waals surface area contributed by atoms with E-state index in [4.69, 9.17) is 4.74 Å². The van der Waals surface area contributed by atoms with Crippen molar-refractivity contribution in [2.24, 2.45) is 5.92 Å². The Kier molecular flexibility index (Phi) is 10.8. The Labute approximate surface area is 248 Å². The Morgan fingerprint density at radius 2 is 1.69 bits per heavy atom. The van der Waals surface area contributed by atoms with E-state index in [9.17, 15) is 19.2 Å². The number of imidazole rings is 1. The maximum absolute atomic E-state index is 13.7. The van der Waals surface area contributed by atoms with Crippen LogP contribution in [0.25, 0.3) is 0 Å². The highest BCUT2D eigenvalue weighted by Gasteiger charge is 2.35. The number of alkyl carbamates (subject to hydrolysis) is 1. The molecule has 0 spiro atoms. The maximum atomic E-state index is 13.7. The molecule has 0 saturated carbocycles. The van der Waals surface area contributed by atoms with Crippen LogP contribution in [0.5, 0.6) is 0 Å². The molecule has 1 saturated heterocycles. The maximum Gasteiger partial charge on any atom is 0.408 e. The summed E-state index contributed by atoms with van der Waals surface area (Å²) in [6.07, 6.45) is 5.38. The molecule has 1 unspecified atom stereocenters. The summed E-state index contributed by atoms with van der Waals surface area (Å²) >= 11 is 0. The summed E-state index contributed by atoms with van der Waals surface area (Å²) in [4.78, 5) is 58.6. The van der Waals surface area contributed by atoms with Gasteiger partial charge in [0.1, 0.15) is 23.2 Å². The van der Waals surface area contributed by atoms with Gasteiger partial charge in [-0.25, -0.2) is 9.78 Å². The van der Waals surface area contributed by atoms with Gasteiger partial charge < -0.3 is 30.2 Å². The molecule has 2 atom stereocenters. The van der Waals surface area contributed by atoms with Crippen molar-refractivity contribution in [3.8, 4) is 0 Å². The molecule has 3 N–H and O–H groups in total. The summed E-state index contributed by atoms with van der Waals surface area (Å²) in [5, 5.41) is 8.10. The van der Waals surface area contributed by atoms with Crippen molar-refractivity contribution in [1.29, 1.82) is 0 Å². The first-order valence-corrected chi connectivity index (χ1v) is 14.7. The van der Waals surface area contributed by atoms with Gasteiger partial charge in [-0.05, 0) is 65.4 Å². The largest absolute Gasteiger partial charge is 0.444 e. The summed E-state index contributed by atoms with van der Waals surface area (Å²) in [5.41, 5.74) is -1.22. The van der Waals surface area contributed by atoms with E-state index in [1.165, 1.54) is 0 Å². The van der Waals surface area contributed by atoms with E-state index in [0.717, 1.165) is 18.4 Å². The smallest absolute Gasteiger partial charge is 0.408 e. The Hall–Kier alpha value is -3.89. The summed E-state index contributed by atoms with van der Waals surface area (Å²) < 4.78 is 6.98. The third kappa shape index (κ3) is 9.06. The molecule has 2 heterocycles. The number of hydrogen-bond acceptors (Lipinski definition) is 6. The van der Waals surface area contributed by atoms with E-state index < -0.39 is 41.1 Å². The number of benzene rings is 1. The lowest BCUT2D eigenvalue weighted by Gasteiger charge is -2.33. The number of rotatable bonds is 10. The lowest BCUT2D eigenvalue weighted by Crippen LogP contribution is -2.58. The fourth-order valence-electron chi connectivity index (χ4n) is 4.75. The van der Waals surface area contributed by atoms with Crippen molar-refractivity contribution >= 4 is 29.6 Å². The molecule has 1 aliphatic rings. The van der Waals surface area contributed by atoms with Gasteiger partial charge in [0, 0.05) is 19.3 Å². The van der Waals surface area contributed by atoms with Crippen molar-refractivity contribution in [1.82, 2.24) is 25.1 Å². The fraction of sp³-hybridized carbons (Fsp3) is 0.581. The van der Waals surface area contributed by atoms with E-state index in [1.807, 2.05) is 42.2 Å². The Balaban J connectivity index is 1.73. The van der Waals surface area contributed by atoms with Crippen molar-refractivity contribution < 1.29 is 23.9 Å². The first-order chi connectivity index (χ1) is 19.7. The number of nitrogens with one attached hydrogen (secondary N) is 3. The fourth-order valence-corrected chi connectivity index (χ4v) is 4.75. The number of anilines is 1. The average molecular weight is 583 g/mol. The molecule has 2 aromatic rings. The van der Waals surface area contributed by atoms with Gasteiger partial charge >= 0.3 is 6.09 Å². The van der Waals surface area contributed by atoms with Crippen LogP contribution in [-0.2, 0) is 19.1 Å². The molecule has 0 bridgehead atoms. The molecule has 1 fully saturated rings. The first kappa shape index (κ1) is 32.6. The van der Waals surface area contributed by atoms with Gasteiger partial charge in [-0.2, -0.15) is 0 Å². The molecule has 4 amide bonds. The highest BCUT2D eigenvalue weighted by molar-refractivity contribution is 5.98. The van der Waals surface area contributed by atoms with Gasteiger partial charge in [0.05, 0.1) is 6.33 Å². The zero-order valence-corrected chi connectivity index (χ0v) is 25.9. The summed E-state index contributed by atoms with van der Waals surface area (Å²) in [7, 11) is 0. The average Bonchev–Trinajstić information content (AvgIpc) is 3.35. The Morgan fingerprint density at radius 3 is 2.29 bits per heavy atom. The number of carbonyl (C=O) groups excluding carboxylic acids is 4. The number of likely N-dealkylation sites (tertiary alicyclic amines) is 1. The number of amides is 4. The summed E-state index contributed by atoms with van der Waals surface area (Å²) in [6, 6.07) is 8.02. The van der Waals surface area contributed by atoms with Crippen LogP contribution in [-0.4, -0.2) is 68.5 Å². The predicted octanol–water partition coefficient (Wildman–Crippen LogP) is 4.26. The van der Waals surface area contributed by atoms with Crippen LogP contribution in [0, 0.1) is 5.92 Å². The number of nitrogens with zero attached hydrogens (tertiary/aromatic N) is 3. The van der Waals surface area contributed by atoms with Crippen LogP contribution in [0.2, 0.25) is 0 Å². The van der Waals surface area contributed by atoms with Crippen LogP contribution in [0.3, 0.4) is 0 Å². The number of carbonyl (C=O) groups is 4. The number of aromatic nitrogens is 2. The second kappa shape index (κ2) is 13.8. The molecule has 0 aliphatic carbocycles. The molecule has 1 aromatic carbocycles. The van der Waals surface area contributed by atoms with Gasteiger partial charge in [0.25, 0.3) is 0 Å². The van der Waals surface area contributed by atoms with Gasteiger partial charge in [-0.15, -0.1) is 0 Å². The minimum absolute atomic E-state index is 0.0146. The molecule has 11 heteroatoms. The van der Waals surface area contributed by atoms with Gasteiger partial charge in [-0.3, -0.25) is 14.4 Å². The molecule has 230 valence electrons. The molecule has 11 nitrogen and oxygen atoms in total. The van der Waals surface area contributed by atoms with Crippen LogP contribution in [0.15, 0.2) is 42.9 Å². The van der Waals surface area contributed by atoms with Crippen LogP contribution < -0.4 is 16.0 Å². The van der Waals surface area contributed by atoms with Gasteiger partial charge in [-0.1, -0.05) is 50.6 Å². The minimum atomic E-state index is -1.33. The molecular weight excluding hydrogens is 536 g/mol. The van der Waals surface area contributed by atoms with Crippen LogP contribution in [0.1, 0.15) is 85.8 Å². The highest BCUT2D eigenvalue weighted by Crippen LogP contribution is 2.26. The monoisotopic (exact) mass is 582 g/mol. The Morgan fingerprint density at radius 1 is 1.05 bits per heavy atom. The molecule has 3 rings (SSSR count). The van der Waals surface area contributed by atoms with Crippen molar-refractivity contribution in [3.05, 3.63) is 48.4 Å². The van der Waals surface area contributed by atoms with Crippen LogP contribution in [0.4, 0.5) is 10.6 Å². The normalized spacial score (nSPS) is 15.8. The molecule has 42 heavy (non-hydrogen) atoms. The quantitative estimate of drug-likeness (QED) is 0.383. The first-order valence-electron chi connectivity index (χ1n) is 14.7. The third-order valence-corrected chi connectivity index (χ3v) is 7.18. The number of hydrogen-bond donors (Lipinski definition) is 3. The standard InChI is InChI=1S/C31H46N6O5/c1-8-12-23(33-28(40)31(6,7)35-29(41)42-30(3,4)5)26(38)34-24-19-37(20-32-24)25(22-13-10-9-11-14-22)27(39)36-17-15-21(2)16-18-36/h9-11,13-14,19-21,23,25H,8,12,15-18H2,1-7H3,(H,33,40)(H,34,38)(H,35,41)/t23-,25?/m1/s1. The molecule has 1 aromatic heterocycles. The van der Waals surface area contributed by atoms with Crippen LogP contribution >= 0.6 is 0 Å². The molecule has 0 radical (unpaired) electrons. The Bertz CT molecular complexity index is 1230. The van der Waals surface area contributed by atoms with Crippen molar-refractivity contribution in [2.45, 2.75) is 97.4 Å². The van der Waals surface area contributed by atoms with E-state index in [1.54, 1.807) is 51.7 Å². The topological polar surface area (TPSA) is 135 Å². The van der Waals surface area contributed by atoms with E-state index in [-0.39, 0.29) is 11.7 Å². The predicted molar refractivity (Wildman–Crippen MR) is 161 cm³/mol. The third-order valence-electron chi connectivity index (χ3n) is 7.18. The van der Waals surface area contributed by atoms with Gasteiger partial charge in [0.15, 0.2) is 5.82 Å². The molecule has 1 aliphatic heterocycles. The second-order valence-electron chi connectivity index (χ2n) is 12.6. The lowest BCUT2D eigenvalue weighted by atomic mass is 9.97.